The third kappa shape index (κ3) is 29.5. The van der Waals surface area contributed by atoms with Crippen LogP contribution in [-0.4, -0.2) is 121 Å². The van der Waals surface area contributed by atoms with Gasteiger partial charge >= 0.3 is 17.9 Å². The van der Waals surface area contributed by atoms with Crippen molar-refractivity contribution in [1.29, 1.82) is 0 Å². The summed E-state index contributed by atoms with van der Waals surface area (Å²) >= 11 is 4.35. The van der Waals surface area contributed by atoms with Crippen molar-refractivity contribution in [3.8, 4) is 60.5 Å². The molecule has 24 heteroatoms. The predicted octanol–water partition coefficient (Wildman–Crippen LogP) is 18.3. The summed E-state index contributed by atoms with van der Waals surface area (Å²) in [6.45, 7) is 16.9. The Morgan fingerprint density at radius 2 is 0.883 bits per heavy atom. The zero-order valence-electron chi connectivity index (χ0n) is 64.9. The lowest BCUT2D eigenvalue weighted by Crippen LogP contribution is -2.39. The highest BCUT2D eigenvalue weighted by atomic mass is 32.1. The van der Waals surface area contributed by atoms with Crippen molar-refractivity contribution in [2.24, 2.45) is 11.8 Å². The van der Waals surface area contributed by atoms with E-state index in [1.165, 1.54) is 103 Å². The van der Waals surface area contributed by atoms with Crippen LogP contribution in [0.3, 0.4) is 0 Å². The molecular formula is C87H106N8O13S3. The molecule has 590 valence electrons. The van der Waals surface area contributed by atoms with Crippen LogP contribution < -0.4 is 35.5 Å². The minimum absolute atomic E-state index is 0.0432. The first-order chi connectivity index (χ1) is 53.5. The predicted molar refractivity (Wildman–Crippen MR) is 440 cm³/mol. The van der Waals surface area contributed by atoms with Gasteiger partial charge in [0, 0.05) is 65.2 Å². The van der Waals surface area contributed by atoms with Crippen molar-refractivity contribution in [2.45, 2.75) is 196 Å². The van der Waals surface area contributed by atoms with Gasteiger partial charge in [0.1, 0.15) is 15.0 Å². The van der Waals surface area contributed by atoms with E-state index in [0.717, 1.165) is 128 Å². The number of aryl methyl sites for hydroxylation is 4. The molecule has 0 spiro atoms. The number of unbranched alkanes of at least 4 members (excludes halogenated alkanes) is 4. The van der Waals surface area contributed by atoms with Crippen molar-refractivity contribution in [3.63, 3.8) is 0 Å². The third-order valence-corrected chi connectivity index (χ3v) is 22.0. The number of carboxylic acid groups (broad SMARTS) is 3. The Morgan fingerprint density at radius 3 is 1.31 bits per heavy atom. The molecule has 2 aliphatic carbocycles. The molecule has 0 radical (unpaired) electrons. The second kappa shape index (κ2) is 45.2. The van der Waals surface area contributed by atoms with Gasteiger partial charge in [-0.3, -0.25) is 24.2 Å². The van der Waals surface area contributed by atoms with E-state index in [2.05, 4.69) is 93.2 Å². The quantitative estimate of drug-likeness (QED) is 0.0152. The number of aromatic carboxylic acids is 3. The minimum Gasteiger partial charge on any atom is -0.478 e. The Morgan fingerprint density at radius 1 is 0.468 bits per heavy atom. The van der Waals surface area contributed by atoms with Crippen LogP contribution in [0.2, 0.25) is 0 Å². The fourth-order valence-corrected chi connectivity index (χ4v) is 15.1. The molecule has 11 rings (SSSR count). The number of pyridine rings is 1. The van der Waals surface area contributed by atoms with Crippen LogP contribution in [0.1, 0.15) is 211 Å². The Hall–Kier alpha value is -10.2. The van der Waals surface area contributed by atoms with Gasteiger partial charge in [-0.2, -0.15) is 0 Å². The summed E-state index contributed by atoms with van der Waals surface area (Å²) in [5.74, 6) is -0.621. The molecule has 0 aliphatic heterocycles. The standard InChI is InChI=1S/C27H32N2O.2C20H24N2O4S.C20H26N2O4S/c1-2-3-4-5-6-9-22-11-13-23(14-12-22)24-15-17-25(18-16-24)27(30)29-21-19-26-10-7-8-20-28-26;1-12-3-9-16(10-4-12)21-17(23)11-26-18-13(2)27-19(22-18)14-5-7-15(8-6-14)20(24)25;1-13-18(26-12-17(23)21-16-6-4-2-3-5-7-16)22-19(27-13)14-8-10-15(11-9-14)20(24)25;1-12(2)5-6-13(3)21-17(23)11-26-18-14(4)27-19(22-18)15-7-9-16(10-8-15)20(24)25/h7-8,10-18,20H,2-6,9,19,21H2,1H3,(H,29,30);5-8,12,16H,3-4,9-11H2,1-2H3,(H,21,23)(H,24,25);8-11,16H,2-7,12H2,1H3,(H,21,23)(H,24,25);7-10,12-13H,5-6,11H2,1-4H3,(H,21,23)(H,24,25). The lowest BCUT2D eigenvalue weighted by atomic mass is 9.87. The van der Waals surface area contributed by atoms with Crippen LogP contribution in [-0.2, 0) is 27.2 Å². The summed E-state index contributed by atoms with van der Waals surface area (Å²) in [6.07, 6.45) is 23.5. The van der Waals surface area contributed by atoms with Gasteiger partial charge in [-0.05, 0) is 181 Å². The summed E-state index contributed by atoms with van der Waals surface area (Å²) in [5.41, 5.74) is 8.55. The first-order valence-corrected chi connectivity index (χ1v) is 41.0. The Kier molecular flexibility index (Phi) is 35.2. The Bertz CT molecular complexity index is 4400. The number of amides is 4. The first kappa shape index (κ1) is 86.4. The summed E-state index contributed by atoms with van der Waals surface area (Å²) in [5, 5.41) is 41.1. The largest absolute Gasteiger partial charge is 0.478 e. The van der Waals surface area contributed by atoms with E-state index < -0.39 is 17.9 Å². The highest BCUT2D eigenvalue weighted by Gasteiger charge is 2.23. The van der Waals surface area contributed by atoms with Crippen LogP contribution in [0.5, 0.6) is 17.6 Å². The number of benzene rings is 5. The van der Waals surface area contributed by atoms with Crippen LogP contribution in [0, 0.1) is 32.6 Å². The highest BCUT2D eigenvalue weighted by Crippen LogP contribution is 2.35. The molecular weight excluding hydrogens is 1460 g/mol. The SMILES string of the molecule is CCCCCCCc1ccc(-c2ccc(C(=O)NCCc3ccccn3)cc2)cc1.Cc1sc(-c2ccc(C(=O)O)cc2)nc1OCC(=O)NC(C)CCC(C)C.Cc1sc(-c2ccc(C(=O)O)cc2)nc1OCC(=O)NC1CCC(C)CC1.Cc1sc(-c2ccc(C(=O)O)cc2)nc1OCC(=O)NC1CCCCCC1. The van der Waals surface area contributed by atoms with Crippen molar-refractivity contribution in [2.75, 3.05) is 26.4 Å². The minimum atomic E-state index is -0.963. The lowest BCUT2D eigenvalue weighted by Gasteiger charge is -2.26. The van der Waals surface area contributed by atoms with Gasteiger partial charge in [0.05, 0.1) is 31.3 Å². The molecule has 0 saturated heterocycles. The monoisotopic (exact) mass is 1570 g/mol. The van der Waals surface area contributed by atoms with E-state index in [0.29, 0.717) is 35.7 Å². The first-order valence-electron chi connectivity index (χ1n) is 38.5. The number of nitrogens with zero attached hydrogens (tertiary/aromatic N) is 4. The number of hydrogen-bond acceptors (Lipinski definition) is 17. The molecule has 0 bridgehead atoms. The lowest BCUT2D eigenvalue weighted by molar-refractivity contribution is -0.124. The molecule has 2 aliphatic rings. The number of thiazole rings is 3. The maximum absolute atomic E-state index is 12.4. The molecule has 2 fully saturated rings. The molecule has 4 aromatic heterocycles. The molecule has 1 atom stereocenters. The average Bonchev–Trinajstić information content (AvgIpc) is 1.75. The molecule has 4 heterocycles. The van der Waals surface area contributed by atoms with E-state index in [9.17, 15) is 33.6 Å². The zero-order valence-corrected chi connectivity index (χ0v) is 67.4. The second-order valence-corrected chi connectivity index (χ2v) is 32.2. The summed E-state index contributed by atoms with van der Waals surface area (Å²) in [7, 11) is 0. The van der Waals surface area contributed by atoms with Gasteiger partial charge in [-0.1, -0.05) is 158 Å². The molecule has 21 nitrogen and oxygen atoms in total. The maximum atomic E-state index is 12.4. The topological polar surface area (TPSA) is 308 Å². The van der Waals surface area contributed by atoms with E-state index in [4.69, 9.17) is 29.5 Å². The fraction of sp³-hybridized carbons (Fsp3) is 0.414. The number of rotatable bonds is 32. The molecule has 5 aromatic carbocycles. The number of carboxylic acids is 3. The third-order valence-electron chi connectivity index (χ3n) is 19.0. The van der Waals surface area contributed by atoms with Gasteiger partial charge in [-0.25, -0.2) is 29.3 Å². The van der Waals surface area contributed by atoms with Gasteiger partial charge in [-0.15, -0.1) is 34.0 Å². The molecule has 4 amide bonds. The van der Waals surface area contributed by atoms with Crippen molar-refractivity contribution in [1.82, 2.24) is 41.2 Å². The van der Waals surface area contributed by atoms with Crippen molar-refractivity contribution >= 4 is 75.5 Å². The number of aromatic nitrogens is 4. The normalized spacial score (nSPS) is 14.2. The van der Waals surface area contributed by atoms with Gasteiger partial charge < -0.3 is 50.8 Å². The van der Waals surface area contributed by atoms with E-state index in [1.807, 2.05) is 70.2 Å². The van der Waals surface area contributed by atoms with Crippen LogP contribution >= 0.6 is 34.0 Å². The van der Waals surface area contributed by atoms with Crippen LogP contribution in [0.25, 0.3) is 42.8 Å². The van der Waals surface area contributed by atoms with Crippen molar-refractivity contribution in [3.05, 3.63) is 194 Å². The molecule has 9 aromatic rings. The molecule has 111 heavy (non-hydrogen) atoms. The van der Waals surface area contributed by atoms with E-state index in [-0.39, 0.29) is 78.3 Å². The smallest absolute Gasteiger partial charge is 0.335 e. The highest BCUT2D eigenvalue weighted by molar-refractivity contribution is 7.16. The summed E-state index contributed by atoms with van der Waals surface area (Å²) in [4.78, 5) is 102. The van der Waals surface area contributed by atoms with E-state index in [1.54, 1.807) is 79.0 Å². The molecule has 2 saturated carbocycles. The number of nitrogens with one attached hydrogen (secondary N) is 4. The number of carbonyl (C=O) groups excluding carboxylic acids is 4. The van der Waals surface area contributed by atoms with Gasteiger partial charge in [0.15, 0.2) is 19.8 Å². The van der Waals surface area contributed by atoms with E-state index >= 15 is 0 Å². The Balaban J connectivity index is 0.000000186. The number of ether oxygens (including phenoxy) is 3. The number of hydrogen-bond donors (Lipinski definition) is 7. The Labute approximate surface area is 663 Å². The van der Waals surface area contributed by atoms with Crippen molar-refractivity contribution < 1.29 is 63.1 Å². The molecule has 7 N–H and O–H groups in total. The number of carbonyl (C=O) groups is 7. The van der Waals surface area contributed by atoms with Crippen LogP contribution in [0.4, 0.5) is 0 Å². The zero-order chi connectivity index (χ0) is 79.6. The summed E-state index contributed by atoms with van der Waals surface area (Å²) in [6, 6.07) is 42.7. The molecule has 1 unspecified atom stereocenters. The van der Waals surface area contributed by atoms with Crippen LogP contribution in [0.15, 0.2) is 146 Å². The average molecular weight is 1570 g/mol. The summed E-state index contributed by atoms with van der Waals surface area (Å²) < 4.78 is 16.8. The second-order valence-electron chi connectivity index (χ2n) is 28.6. The van der Waals surface area contributed by atoms with Gasteiger partial charge in [0.2, 0.25) is 17.6 Å². The maximum Gasteiger partial charge on any atom is 0.335 e. The fourth-order valence-electron chi connectivity index (χ4n) is 12.5. The van der Waals surface area contributed by atoms with Gasteiger partial charge in [0.25, 0.3) is 23.6 Å².